The highest BCUT2D eigenvalue weighted by Gasteiger charge is 2.17. The molecule has 0 atom stereocenters. The second kappa shape index (κ2) is 8.43. The zero-order valence-electron chi connectivity index (χ0n) is 15.7. The number of fused-ring (bicyclic) bond motifs is 2. The quantitative estimate of drug-likeness (QED) is 0.265. The Labute approximate surface area is 193 Å². The van der Waals surface area contributed by atoms with Gasteiger partial charge in [0.25, 0.3) is 5.56 Å². The van der Waals surface area contributed by atoms with Gasteiger partial charge in [-0.25, -0.2) is 9.97 Å². The van der Waals surface area contributed by atoms with Gasteiger partial charge in [0.05, 0.1) is 32.2 Å². The zero-order chi connectivity index (χ0) is 21.4. The number of benzene rings is 2. The number of halogens is 1. The molecule has 0 aliphatic heterocycles. The van der Waals surface area contributed by atoms with E-state index < -0.39 is 0 Å². The number of thiophene rings is 1. The number of aromatic nitrogens is 3. The number of para-hydroxylation sites is 2. The number of thioether (sulfide) groups is 1. The Hall–Kier alpha value is -2.72. The topological polar surface area (TPSA) is 76.9 Å². The van der Waals surface area contributed by atoms with Crippen molar-refractivity contribution in [3.63, 3.8) is 0 Å². The van der Waals surface area contributed by atoms with E-state index in [1.54, 1.807) is 30.3 Å². The molecule has 3 heterocycles. The fourth-order valence-electron chi connectivity index (χ4n) is 3.05. The van der Waals surface area contributed by atoms with Crippen LogP contribution < -0.4 is 10.9 Å². The number of nitrogens with zero attached hydrogens (tertiary/aromatic N) is 3. The molecule has 31 heavy (non-hydrogen) atoms. The van der Waals surface area contributed by atoms with Gasteiger partial charge in [-0.3, -0.25) is 14.2 Å². The fraction of sp³-hybridized carbons (Fsp3) is 0.0476. The summed E-state index contributed by atoms with van der Waals surface area (Å²) >= 11 is 10.3. The average molecular weight is 485 g/mol. The van der Waals surface area contributed by atoms with Crippen LogP contribution >= 0.6 is 46.0 Å². The molecule has 3 aromatic heterocycles. The number of anilines is 1. The van der Waals surface area contributed by atoms with E-state index in [2.05, 4.69) is 15.3 Å². The van der Waals surface area contributed by atoms with Crippen molar-refractivity contribution < 1.29 is 4.79 Å². The molecule has 0 fully saturated rings. The number of amides is 1. The minimum Gasteiger partial charge on any atom is -0.301 e. The third-order valence-electron chi connectivity index (χ3n) is 4.42. The van der Waals surface area contributed by atoms with Crippen LogP contribution in [0.1, 0.15) is 0 Å². The van der Waals surface area contributed by atoms with Crippen LogP contribution in [-0.4, -0.2) is 26.2 Å². The van der Waals surface area contributed by atoms with E-state index in [-0.39, 0.29) is 17.2 Å². The molecule has 1 amide bonds. The maximum atomic E-state index is 13.2. The molecule has 5 aromatic rings. The van der Waals surface area contributed by atoms with Gasteiger partial charge >= 0.3 is 0 Å². The summed E-state index contributed by atoms with van der Waals surface area (Å²) in [5.41, 5.74) is 1.77. The summed E-state index contributed by atoms with van der Waals surface area (Å²) in [7, 11) is 0. The summed E-state index contributed by atoms with van der Waals surface area (Å²) < 4.78 is 3.02. The standard InChI is InChI=1S/C21H13ClN4O2S3/c22-12-5-1-3-7-15(12)26-19(28)18-14(9-10-29-18)24-21(26)30-11-17(27)25-20-23-13-6-2-4-8-16(13)31-20/h1-10H,11H2,(H,23,25,27). The first-order valence-corrected chi connectivity index (χ1v) is 12.2. The highest BCUT2D eigenvalue weighted by atomic mass is 35.5. The van der Waals surface area contributed by atoms with Crippen molar-refractivity contribution in [2.45, 2.75) is 5.16 Å². The van der Waals surface area contributed by atoms with Crippen LogP contribution in [0.3, 0.4) is 0 Å². The van der Waals surface area contributed by atoms with E-state index in [4.69, 9.17) is 11.6 Å². The van der Waals surface area contributed by atoms with Gasteiger partial charge in [0, 0.05) is 0 Å². The largest absolute Gasteiger partial charge is 0.301 e. The minimum absolute atomic E-state index is 0.0719. The van der Waals surface area contributed by atoms with Gasteiger partial charge in [0.2, 0.25) is 5.91 Å². The first-order chi connectivity index (χ1) is 15.1. The lowest BCUT2D eigenvalue weighted by molar-refractivity contribution is -0.113. The first-order valence-electron chi connectivity index (χ1n) is 9.13. The summed E-state index contributed by atoms with van der Waals surface area (Å²) in [6.07, 6.45) is 0. The molecule has 0 spiro atoms. The molecule has 0 aliphatic rings. The van der Waals surface area contributed by atoms with Gasteiger partial charge in [-0.2, -0.15) is 0 Å². The second-order valence-electron chi connectivity index (χ2n) is 6.44. The SMILES string of the molecule is O=C(CSc1nc2ccsc2c(=O)n1-c1ccccc1Cl)Nc1nc2ccccc2s1. The summed E-state index contributed by atoms with van der Waals surface area (Å²) in [5, 5.41) is 6.03. The van der Waals surface area contributed by atoms with Crippen molar-refractivity contribution in [2.75, 3.05) is 11.1 Å². The number of hydrogen-bond donors (Lipinski definition) is 1. The maximum absolute atomic E-state index is 13.2. The van der Waals surface area contributed by atoms with E-state index in [1.807, 2.05) is 29.6 Å². The van der Waals surface area contributed by atoms with Crippen LogP contribution in [0, 0.1) is 0 Å². The highest BCUT2D eigenvalue weighted by Crippen LogP contribution is 2.28. The van der Waals surface area contributed by atoms with Crippen molar-refractivity contribution in [2.24, 2.45) is 0 Å². The Bertz CT molecular complexity index is 1460. The van der Waals surface area contributed by atoms with Gasteiger partial charge < -0.3 is 5.32 Å². The molecule has 0 saturated heterocycles. The van der Waals surface area contributed by atoms with E-state index in [1.165, 1.54) is 39.0 Å². The van der Waals surface area contributed by atoms with Crippen LogP contribution in [-0.2, 0) is 4.79 Å². The Balaban J connectivity index is 1.44. The molecule has 0 saturated carbocycles. The zero-order valence-corrected chi connectivity index (χ0v) is 18.9. The van der Waals surface area contributed by atoms with E-state index in [9.17, 15) is 9.59 Å². The van der Waals surface area contributed by atoms with Crippen LogP contribution in [0.15, 0.2) is 69.9 Å². The van der Waals surface area contributed by atoms with Gasteiger partial charge in [0.1, 0.15) is 4.70 Å². The molecule has 1 N–H and O–H groups in total. The fourth-order valence-corrected chi connectivity index (χ4v) is 5.71. The Morgan fingerprint density at radius 3 is 2.71 bits per heavy atom. The van der Waals surface area contributed by atoms with Crippen LogP contribution in [0.4, 0.5) is 5.13 Å². The molecular weight excluding hydrogens is 472 g/mol. The molecule has 5 rings (SSSR count). The lowest BCUT2D eigenvalue weighted by Crippen LogP contribution is -2.22. The van der Waals surface area contributed by atoms with Crippen molar-refractivity contribution in [3.8, 4) is 5.69 Å². The van der Waals surface area contributed by atoms with E-state index >= 15 is 0 Å². The lowest BCUT2D eigenvalue weighted by Gasteiger charge is -2.13. The van der Waals surface area contributed by atoms with Gasteiger partial charge in [0.15, 0.2) is 10.3 Å². The number of nitrogens with one attached hydrogen (secondary N) is 1. The summed E-state index contributed by atoms with van der Waals surface area (Å²) in [4.78, 5) is 34.8. The molecule has 0 aliphatic carbocycles. The van der Waals surface area contributed by atoms with Gasteiger partial charge in [-0.1, -0.05) is 59.0 Å². The molecule has 2 aromatic carbocycles. The summed E-state index contributed by atoms with van der Waals surface area (Å²) in [6.45, 7) is 0. The molecule has 0 unspecified atom stereocenters. The molecule has 6 nitrogen and oxygen atoms in total. The Kier molecular flexibility index (Phi) is 5.49. The van der Waals surface area contributed by atoms with Crippen molar-refractivity contribution in [1.82, 2.24) is 14.5 Å². The maximum Gasteiger partial charge on any atom is 0.276 e. The average Bonchev–Trinajstić information content (AvgIpc) is 3.39. The number of carbonyl (C=O) groups excluding carboxylic acids is 1. The van der Waals surface area contributed by atoms with Gasteiger partial charge in [-0.15, -0.1) is 11.3 Å². The number of hydrogen-bond acceptors (Lipinski definition) is 7. The smallest absolute Gasteiger partial charge is 0.276 e. The number of thiazole rings is 1. The molecule has 10 heteroatoms. The normalized spacial score (nSPS) is 11.3. The minimum atomic E-state index is -0.227. The van der Waals surface area contributed by atoms with E-state index in [0.29, 0.717) is 31.2 Å². The first kappa shape index (κ1) is 20.2. The summed E-state index contributed by atoms with van der Waals surface area (Å²) in [5.74, 6) is -0.155. The predicted octanol–water partition coefficient (Wildman–Crippen LogP) is 5.44. The molecular formula is C21H13ClN4O2S3. The Morgan fingerprint density at radius 2 is 1.87 bits per heavy atom. The van der Waals surface area contributed by atoms with Crippen molar-refractivity contribution in [1.29, 1.82) is 0 Å². The van der Waals surface area contributed by atoms with E-state index in [0.717, 1.165) is 10.2 Å². The highest BCUT2D eigenvalue weighted by molar-refractivity contribution is 7.99. The molecule has 154 valence electrons. The van der Waals surface area contributed by atoms with Crippen LogP contribution in [0.25, 0.3) is 26.1 Å². The third-order valence-corrected chi connectivity index (χ3v) is 7.52. The number of rotatable bonds is 5. The summed E-state index contributed by atoms with van der Waals surface area (Å²) in [6, 6.07) is 16.6. The van der Waals surface area contributed by atoms with Gasteiger partial charge in [-0.05, 0) is 35.7 Å². The molecule has 0 bridgehead atoms. The van der Waals surface area contributed by atoms with Crippen molar-refractivity contribution >= 4 is 77.5 Å². The Morgan fingerprint density at radius 1 is 1.06 bits per heavy atom. The third kappa shape index (κ3) is 3.97. The van der Waals surface area contributed by atoms with Crippen LogP contribution in [0.2, 0.25) is 5.02 Å². The second-order valence-corrected chi connectivity index (χ2v) is 9.74. The monoisotopic (exact) mass is 484 g/mol. The predicted molar refractivity (Wildman–Crippen MR) is 129 cm³/mol. The van der Waals surface area contributed by atoms with Crippen molar-refractivity contribution in [3.05, 3.63) is 75.4 Å². The van der Waals surface area contributed by atoms with Crippen LogP contribution in [0.5, 0.6) is 0 Å². The molecule has 0 radical (unpaired) electrons. The number of carbonyl (C=O) groups is 1. The lowest BCUT2D eigenvalue weighted by atomic mass is 10.3.